The van der Waals surface area contributed by atoms with Gasteiger partial charge >= 0.3 is 0 Å². The fourth-order valence-corrected chi connectivity index (χ4v) is 3.25. The van der Waals surface area contributed by atoms with Gasteiger partial charge < -0.3 is 9.64 Å². The first-order chi connectivity index (χ1) is 12.2. The summed E-state index contributed by atoms with van der Waals surface area (Å²) in [6.07, 6.45) is 10.7. The van der Waals surface area contributed by atoms with Gasteiger partial charge in [-0.15, -0.1) is 0 Å². The third kappa shape index (κ3) is 2.98. The molecule has 1 saturated heterocycles. The quantitative estimate of drug-likeness (QED) is 0.846. The van der Waals surface area contributed by atoms with Gasteiger partial charge in [-0.25, -0.2) is 4.39 Å². The van der Waals surface area contributed by atoms with Crippen LogP contribution in [0.1, 0.15) is 10.4 Å². The van der Waals surface area contributed by atoms with Crippen LogP contribution in [0.4, 0.5) is 4.39 Å². The zero-order valence-corrected chi connectivity index (χ0v) is 13.5. The van der Waals surface area contributed by atoms with Crippen molar-refractivity contribution in [1.82, 2.24) is 9.88 Å². The van der Waals surface area contributed by atoms with Crippen molar-refractivity contribution >= 4 is 5.91 Å². The minimum Gasteiger partial charge on any atom is -0.370 e. The van der Waals surface area contributed by atoms with E-state index in [0.717, 1.165) is 0 Å². The number of aromatic nitrogens is 1. The van der Waals surface area contributed by atoms with E-state index in [9.17, 15) is 9.18 Å². The van der Waals surface area contributed by atoms with E-state index >= 15 is 0 Å². The Kier molecular flexibility index (Phi) is 4.15. The molecule has 2 heterocycles. The van der Waals surface area contributed by atoms with Crippen LogP contribution in [-0.4, -0.2) is 41.1 Å². The average molecular weight is 336 g/mol. The van der Waals surface area contributed by atoms with Crippen molar-refractivity contribution in [3.63, 3.8) is 0 Å². The van der Waals surface area contributed by atoms with Crippen LogP contribution in [0.3, 0.4) is 0 Å². The molecule has 2 aliphatic rings. The highest BCUT2D eigenvalue weighted by atomic mass is 19.1. The van der Waals surface area contributed by atoms with E-state index < -0.39 is 0 Å². The number of pyridine rings is 1. The lowest BCUT2D eigenvalue weighted by molar-refractivity contribution is -0.0228. The number of fused-ring (bicyclic) bond motifs is 1. The highest BCUT2D eigenvalue weighted by Crippen LogP contribution is 2.25. The smallest absolute Gasteiger partial charge is 0.256 e. The molecule has 1 aliphatic carbocycles. The van der Waals surface area contributed by atoms with E-state index in [1.807, 2.05) is 24.3 Å². The van der Waals surface area contributed by atoms with Crippen LogP contribution in [0.15, 0.2) is 67.0 Å². The molecule has 0 radical (unpaired) electrons. The molecule has 4 rings (SSSR count). The molecule has 1 aromatic carbocycles. The summed E-state index contributed by atoms with van der Waals surface area (Å²) in [6.45, 7) is 1.01. The lowest BCUT2D eigenvalue weighted by Gasteiger charge is -2.39. The molecule has 0 N–H and O–H groups in total. The molecule has 1 fully saturated rings. The molecule has 1 aromatic heterocycles. The fourth-order valence-electron chi connectivity index (χ4n) is 3.25. The van der Waals surface area contributed by atoms with E-state index in [0.29, 0.717) is 29.8 Å². The molecule has 1 amide bonds. The monoisotopic (exact) mass is 336 g/mol. The first-order valence-corrected chi connectivity index (χ1v) is 8.21. The second kappa shape index (κ2) is 6.61. The molecule has 2 unspecified atom stereocenters. The van der Waals surface area contributed by atoms with Gasteiger partial charge in [0.15, 0.2) is 0 Å². The number of ether oxygens (including phenoxy) is 1. The predicted molar refractivity (Wildman–Crippen MR) is 92.5 cm³/mol. The Morgan fingerprint density at radius 3 is 2.92 bits per heavy atom. The van der Waals surface area contributed by atoms with Gasteiger partial charge in [0.2, 0.25) is 0 Å². The van der Waals surface area contributed by atoms with Crippen molar-refractivity contribution < 1.29 is 13.9 Å². The van der Waals surface area contributed by atoms with Gasteiger partial charge in [-0.2, -0.15) is 0 Å². The Morgan fingerprint density at radius 2 is 2.04 bits per heavy atom. The van der Waals surface area contributed by atoms with Crippen molar-refractivity contribution in [3.05, 3.63) is 78.4 Å². The van der Waals surface area contributed by atoms with Crippen molar-refractivity contribution in [3.8, 4) is 11.1 Å². The van der Waals surface area contributed by atoms with Gasteiger partial charge in [-0.1, -0.05) is 42.5 Å². The molecule has 126 valence electrons. The number of amides is 1. The number of halogens is 1. The third-order valence-corrected chi connectivity index (χ3v) is 4.49. The van der Waals surface area contributed by atoms with Crippen LogP contribution in [0.25, 0.3) is 11.1 Å². The van der Waals surface area contributed by atoms with Crippen molar-refractivity contribution in [2.45, 2.75) is 12.1 Å². The average Bonchev–Trinajstić information content (AvgIpc) is 2.67. The third-order valence-electron chi connectivity index (χ3n) is 4.49. The molecular weight excluding hydrogens is 319 g/mol. The molecule has 5 heteroatoms. The van der Waals surface area contributed by atoms with Gasteiger partial charge in [0.25, 0.3) is 5.91 Å². The lowest BCUT2D eigenvalue weighted by atomic mass is 10.0. The minimum atomic E-state index is -0.333. The molecular formula is C20H17FN2O2. The number of morpholine rings is 1. The standard InChI is InChI=1S/C20H17FN2O2/c21-17-6-2-1-5-16(17)14-11-15(13-22-12-14)20(24)23-9-10-25-19-8-4-3-7-18(19)23/h1-8,11-13,18-19H,9-10H2. The molecule has 4 nitrogen and oxygen atoms in total. The number of hydrogen-bond donors (Lipinski definition) is 0. The van der Waals surface area contributed by atoms with Crippen molar-refractivity contribution in [2.75, 3.05) is 13.2 Å². The normalized spacial score (nSPS) is 21.9. The van der Waals surface area contributed by atoms with E-state index in [1.54, 1.807) is 35.4 Å². The van der Waals surface area contributed by atoms with Gasteiger partial charge in [-0.3, -0.25) is 9.78 Å². The van der Waals surface area contributed by atoms with E-state index in [1.165, 1.54) is 12.3 Å². The highest BCUT2D eigenvalue weighted by Gasteiger charge is 2.33. The maximum Gasteiger partial charge on any atom is 0.256 e. The van der Waals surface area contributed by atoms with E-state index in [4.69, 9.17) is 4.74 Å². The molecule has 0 bridgehead atoms. The first-order valence-electron chi connectivity index (χ1n) is 8.21. The SMILES string of the molecule is O=C(c1cncc(-c2ccccc2F)c1)N1CCOC2C=CC=CC21. The number of rotatable bonds is 2. The molecule has 25 heavy (non-hydrogen) atoms. The van der Waals surface area contributed by atoms with E-state index in [2.05, 4.69) is 4.98 Å². The summed E-state index contributed by atoms with van der Waals surface area (Å²) in [5, 5.41) is 0. The molecule has 1 aliphatic heterocycles. The molecule has 2 aromatic rings. The fraction of sp³-hybridized carbons (Fsp3) is 0.200. The van der Waals surface area contributed by atoms with Crippen LogP contribution in [-0.2, 0) is 4.74 Å². The summed E-state index contributed by atoms with van der Waals surface area (Å²) >= 11 is 0. The highest BCUT2D eigenvalue weighted by molar-refractivity contribution is 5.95. The molecule has 0 spiro atoms. The first kappa shape index (κ1) is 15.7. The van der Waals surface area contributed by atoms with Gasteiger partial charge in [-0.05, 0) is 12.1 Å². The number of allylic oxidation sites excluding steroid dienone is 2. The maximum atomic E-state index is 14.0. The summed E-state index contributed by atoms with van der Waals surface area (Å²) in [5.74, 6) is -0.454. The second-order valence-corrected chi connectivity index (χ2v) is 6.04. The van der Waals surface area contributed by atoms with Crippen LogP contribution in [0, 0.1) is 5.82 Å². The Bertz CT molecular complexity index is 862. The zero-order chi connectivity index (χ0) is 17.2. The molecule has 2 atom stereocenters. The summed E-state index contributed by atoms with van der Waals surface area (Å²) < 4.78 is 19.7. The minimum absolute atomic E-state index is 0.120. The zero-order valence-electron chi connectivity index (χ0n) is 13.5. The largest absolute Gasteiger partial charge is 0.370 e. The van der Waals surface area contributed by atoms with Gasteiger partial charge in [0, 0.05) is 30.1 Å². The molecule has 0 saturated carbocycles. The number of hydrogen-bond acceptors (Lipinski definition) is 3. The van der Waals surface area contributed by atoms with E-state index in [-0.39, 0.29) is 23.9 Å². The van der Waals surface area contributed by atoms with Crippen LogP contribution < -0.4 is 0 Å². The van der Waals surface area contributed by atoms with Crippen molar-refractivity contribution in [2.24, 2.45) is 0 Å². The second-order valence-electron chi connectivity index (χ2n) is 6.04. The number of benzene rings is 1. The van der Waals surface area contributed by atoms with Crippen molar-refractivity contribution in [1.29, 1.82) is 0 Å². The van der Waals surface area contributed by atoms with Crippen LogP contribution in [0.2, 0.25) is 0 Å². The Labute approximate surface area is 145 Å². The number of carbonyl (C=O) groups excluding carboxylic acids is 1. The number of carbonyl (C=O) groups is 1. The summed E-state index contributed by atoms with van der Waals surface area (Å²) in [7, 11) is 0. The van der Waals surface area contributed by atoms with Gasteiger partial charge in [0.05, 0.1) is 24.3 Å². The Balaban J connectivity index is 1.65. The van der Waals surface area contributed by atoms with Crippen LogP contribution in [0.5, 0.6) is 0 Å². The van der Waals surface area contributed by atoms with Gasteiger partial charge in [0.1, 0.15) is 5.82 Å². The van der Waals surface area contributed by atoms with Crippen LogP contribution >= 0.6 is 0 Å². The summed E-state index contributed by atoms with van der Waals surface area (Å²) in [4.78, 5) is 18.9. The number of nitrogens with zero attached hydrogens (tertiary/aromatic N) is 2. The Hall–Kier alpha value is -2.79. The lowest BCUT2D eigenvalue weighted by Crippen LogP contribution is -2.52. The Morgan fingerprint density at radius 1 is 1.20 bits per heavy atom. The topological polar surface area (TPSA) is 42.4 Å². The summed E-state index contributed by atoms with van der Waals surface area (Å²) in [6, 6.07) is 8.05. The maximum absolute atomic E-state index is 14.0. The summed E-state index contributed by atoms with van der Waals surface area (Å²) in [5.41, 5.74) is 1.47. The predicted octanol–water partition coefficient (Wildman–Crippen LogP) is 3.22.